The predicted molar refractivity (Wildman–Crippen MR) is 109 cm³/mol. The molecular formula is C21H11F3N4O3S. The quantitative estimate of drug-likeness (QED) is 0.340. The number of H-pyrrole nitrogens is 1. The van der Waals surface area contributed by atoms with E-state index >= 15 is 4.39 Å². The van der Waals surface area contributed by atoms with Crippen LogP contribution < -0.4 is 4.72 Å². The summed E-state index contributed by atoms with van der Waals surface area (Å²) >= 11 is 0. The van der Waals surface area contributed by atoms with Gasteiger partial charge in [0.25, 0.3) is 10.0 Å². The molecule has 0 aliphatic rings. The summed E-state index contributed by atoms with van der Waals surface area (Å²) in [6.07, 6.45) is 2.46. The molecule has 160 valence electrons. The number of sulfonamides is 1. The number of anilines is 1. The number of nitrogens with zero attached hydrogens (tertiary/aromatic N) is 2. The highest BCUT2D eigenvalue weighted by molar-refractivity contribution is 7.92. The number of benzene rings is 2. The minimum Gasteiger partial charge on any atom is -0.345 e. The number of rotatable bonds is 5. The second-order valence-corrected chi connectivity index (χ2v) is 8.26. The molecule has 0 saturated heterocycles. The van der Waals surface area contributed by atoms with E-state index in [-0.39, 0.29) is 22.3 Å². The highest BCUT2D eigenvalue weighted by Crippen LogP contribution is 2.29. The van der Waals surface area contributed by atoms with Crippen LogP contribution in [0.5, 0.6) is 0 Å². The molecule has 0 radical (unpaired) electrons. The monoisotopic (exact) mass is 456 g/mol. The zero-order chi connectivity index (χ0) is 23.0. The second kappa shape index (κ2) is 7.82. The SMILES string of the molecule is [C-]#[N+]c1cnc2[nH]cc(C(=O)c3c(F)ccc(NS(=O)(=O)c4cccc(F)c4)c3F)c2c1. The fraction of sp³-hybridized carbons (Fsp3) is 0. The Bertz CT molecular complexity index is 1540. The Labute approximate surface area is 179 Å². The average molecular weight is 456 g/mol. The van der Waals surface area contributed by atoms with Crippen molar-refractivity contribution in [2.45, 2.75) is 4.90 Å². The molecule has 0 amide bonds. The lowest BCUT2D eigenvalue weighted by molar-refractivity contribution is 0.103. The molecule has 4 aromatic rings. The first-order valence-corrected chi connectivity index (χ1v) is 10.4. The molecule has 0 fully saturated rings. The van der Waals surface area contributed by atoms with Gasteiger partial charge in [-0.25, -0.2) is 26.4 Å². The molecule has 2 heterocycles. The zero-order valence-electron chi connectivity index (χ0n) is 15.9. The maximum atomic E-state index is 15.1. The van der Waals surface area contributed by atoms with Gasteiger partial charge in [0, 0.05) is 23.3 Å². The van der Waals surface area contributed by atoms with Crippen LogP contribution in [0.25, 0.3) is 15.9 Å². The van der Waals surface area contributed by atoms with Crippen LogP contribution >= 0.6 is 0 Å². The summed E-state index contributed by atoms with van der Waals surface area (Å²) in [6.45, 7) is 7.06. The van der Waals surface area contributed by atoms with Gasteiger partial charge in [-0.3, -0.25) is 14.5 Å². The maximum Gasteiger partial charge on any atom is 0.262 e. The van der Waals surface area contributed by atoms with Crippen LogP contribution in [0.1, 0.15) is 15.9 Å². The Morgan fingerprint density at radius 3 is 2.62 bits per heavy atom. The third-order valence-corrected chi connectivity index (χ3v) is 5.92. The van der Waals surface area contributed by atoms with Crippen LogP contribution in [0.3, 0.4) is 0 Å². The maximum absolute atomic E-state index is 15.1. The van der Waals surface area contributed by atoms with E-state index in [2.05, 4.69) is 14.8 Å². The highest BCUT2D eigenvalue weighted by Gasteiger charge is 2.26. The second-order valence-electron chi connectivity index (χ2n) is 6.58. The molecule has 0 saturated carbocycles. The molecular weight excluding hydrogens is 445 g/mol. The lowest BCUT2D eigenvalue weighted by Gasteiger charge is -2.12. The number of carbonyl (C=O) groups is 1. The summed E-state index contributed by atoms with van der Waals surface area (Å²) in [4.78, 5) is 22.3. The standard InChI is InChI=1S/C21H11F3N4O3S/c1-25-12-8-14-15(10-27-21(14)26-9-12)20(29)18-16(23)5-6-17(19(18)24)28-32(30,31)13-4-2-3-11(22)7-13/h2-10,28H,(H,26,27). The fourth-order valence-corrected chi connectivity index (χ4v) is 4.14. The lowest BCUT2D eigenvalue weighted by Crippen LogP contribution is -2.16. The Kier molecular flexibility index (Phi) is 5.15. The molecule has 2 aromatic heterocycles. The van der Waals surface area contributed by atoms with Crippen LogP contribution in [0.15, 0.2) is 59.8 Å². The molecule has 0 aliphatic heterocycles. The topological polar surface area (TPSA) is 96.3 Å². The summed E-state index contributed by atoms with van der Waals surface area (Å²) in [5, 5.41) is 0.174. The Morgan fingerprint density at radius 1 is 1.12 bits per heavy atom. The number of hydrogen-bond donors (Lipinski definition) is 2. The molecule has 0 unspecified atom stereocenters. The zero-order valence-corrected chi connectivity index (χ0v) is 16.7. The summed E-state index contributed by atoms with van der Waals surface area (Å²) < 4.78 is 69.8. The molecule has 0 aliphatic carbocycles. The number of nitrogens with one attached hydrogen (secondary N) is 2. The summed E-state index contributed by atoms with van der Waals surface area (Å²) in [5.74, 6) is -4.57. The number of halogens is 3. The van der Waals surface area contributed by atoms with Gasteiger partial charge in [-0.2, -0.15) is 0 Å². The number of fused-ring (bicyclic) bond motifs is 1. The first-order chi connectivity index (χ1) is 15.2. The van der Waals surface area contributed by atoms with Crippen molar-refractivity contribution >= 4 is 38.2 Å². The van der Waals surface area contributed by atoms with Crippen LogP contribution in [0.2, 0.25) is 0 Å². The van der Waals surface area contributed by atoms with E-state index in [0.717, 1.165) is 36.4 Å². The third kappa shape index (κ3) is 3.67. The van der Waals surface area contributed by atoms with Crippen LogP contribution in [-0.2, 0) is 10.0 Å². The van der Waals surface area contributed by atoms with Gasteiger partial charge in [0.2, 0.25) is 11.5 Å². The lowest BCUT2D eigenvalue weighted by atomic mass is 10.0. The number of aromatic nitrogens is 2. The first-order valence-electron chi connectivity index (χ1n) is 8.87. The predicted octanol–water partition coefficient (Wildman–Crippen LogP) is 4.56. The number of hydrogen-bond acceptors (Lipinski definition) is 4. The van der Waals surface area contributed by atoms with E-state index in [0.29, 0.717) is 0 Å². The van der Waals surface area contributed by atoms with E-state index < -0.39 is 49.4 Å². The molecule has 11 heteroatoms. The minimum absolute atomic E-state index is 0.115. The van der Waals surface area contributed by atoms with Gasteiger partial charge in [0.15, 0.2) is 5.82 Å². The molecule has 2 N–H and O–H groups in total. The summed E-state index contributed by atoms with van der Waals surface area (Å²) in [7, 11) is -4.42. The summed E-state index contributed by atoms with van der Waals surface area (Å²) in [5.41, 5.74) is -1.51. The van der Waals surface area contributed by atoms with Crippen molar-refractivity contribution < 1.29 is 26.4 Å². The van der Waals surface area contributed by atoms with Gasteiger partial charge < -0.3 is 4.98 Å². The van der Waals surface area contributed by atoms with Gasteiger partial charge in [0.1, 0.15) is 17.3 Å². The number of carbonyl (C=O) groups excluding carboxylic acids is 1. The van der Waals surface area contributed by atoms with Gasteiger partial charge in [-0.1, -0.05) is 6.07 Å². The molecule has 32 heavy (non-hydrogen) atoms. The first kappa shape index (κ1) is 21.1. The van der Waals surface area contributed by atoms with Crippen molar-refractivity contribution in [3.63, 3.8) is 0 Å². The van der Waals surface area contributed by atoms with Gasteiger partial charge in [-0.05, 0) is 36.4 Å². The Balaban J connectivity index is 1.78. The molecule has 0 spiro atoms. The molecule has 7 nitrogen and oxygen atoms in total. The summed E-state index contributed by atoms with van der Waals surface area (Å²) in [6, 6.07) is 6.89. The molecule has 4 rings (SSSR count). The van der Waals surface area contributed by atoms with Gasteiger partial charge >= 0.3 is 0 Å². The smallest absolute Gasteiger partial charge is 0.262 e. The normalized spacial score (nSPS) is 11.3. The van der Waals surface area contributed by atoms with Crippen molar-refractivity contribution in [2.24, 2.45) is 0 Å². The van der Waals surface area contributed by atoms with E-state index in [1.807, 2.05) is 4.72 Å². The van der Waals surface area contributed by atoms with Crippen LogP contribution in [-0.4, -0.2) is 24.2 Å². The minimum atomic E-state index is -4.42. The largest absolute Gasteiger partial charge is 0.345 e. The average Bonchev–Trinajstić information content (AvgIpc) is 3.19. The van der Waals surface area contributed by atoms with Crippen LogP contribution in [0, 0.1) is 24.0 Å². The molecule has 2 aromatic carbocycles. The van der Waals surface area contributed by atoms with Crippen LogP contribution in [0.4, 0.5) is 24.5 Å². The van der Waals surface area contributed by atoms with Crippen molar-refractivity contribution in [1.29, 1.82) is 0 Å². The van der Waals surface area contributed by atoms with Crippen molar-refractivity contribution in [1.82, 2.24) is 9.97 Å². The Morgan fingerprint density at radius 2 is 1.91 bits per heavy atom. The van der Waals surface area contributed by atoms with E-state index in [4.69, 9.17) is 6.57 Å². The fourth-order valence-electron chi connectivity index (χ4n) is 3.05. The van der Waals surface area contributed by atoms with E-state index in [1.54, 1.807) is 0 Å². The number of pyridine rings is 1. The van der Waals surface area contributed by atoms with E-state index in [9.17, 15) is 22.0 Å². The third-order valence-electron chi connectivity index (χ3n) is 4.56. The van der Waals surface area contributed by atoms with Gasteiger partial charge in [-0.15, -0.1) is 0 Å². The van der Waals surface area contributed by atoms with Gasteiger partial charge in [0.05, 0.1) is 22.7 Å². The van der Waals surface area contributed by atoms with Crippen molar-refractivity contribution in [3.05, 3.63) is 94.9 Å². The van der Waals surface area contributed by atoms with Crippen molar-refractivity contribution in [3.8, 4) is 0 Å². The molecule has 0 bridgehead atoms. The van der Waals surface area contributed by atoms with Crippen molar-refractivity contribution in [2.75, 3.05) is 4.72 Å². The number of aromatic amines is 1. The van der Waals surface area contributed by atoms with E-state index in [1.165, 1.54) is 18.5 Å². The molecule has 0 atom stereocenters. The number of ketones is 1. The highest BCUT2D eigenvalue weighted by atomic mass is 32.2. The Hall–Kier alpha value is -4.17.